The van der Waals surface area contributed by atoms with E-state index < -0.39 is 0 Å². The Morgan fingerprint density at radius 1 is 1.39 bits per heavy atom. The first kappa shape index (κ1) is 13.4. The van der Waals surface area contributed by atoms with Gasteiger partial charge >= 0.3 is 0 Å². The zero-order chi connectivity index (χ0) is 12.8. The summed E-state index contributed by atoms with van der Waals surface area (Å²) in [6, 6.07) is 6.65. The third kappa shape index (κ3) is 3.24. The molecule has 2 rings (SSSR count). The fourth-order valence-electron chi connectivity index (χ4n) is 2.59. The van der Waals surface area contributed by atoms with Gasteiger partial charge in [0.2, 0.25) is 0 Å². The lowest BCUT2D eigenvalue weighted by atomic mass is 9.99. The van der Waals surface area contributed by atoms with Crippen molar-refractivity contribution in [1.29, 1.82) is 0 Å². The largest absolute Gasteiger partial charge is 0.382 e. The Bertz CT molecular complexity index is 379. The average molecular weight is 248 g/mol. The van der Waals surface area contributed by atoms with Crippen molar-refractivity contribution < 1.29 is 4.74 Å². The smallest absolute Gasteiger partial charge is 0.0482 e. The fraction of sp³-hybridized carbons (Fsp3) is 0.600. The van der Waals surface area contributed by atoms with Gasteiger partial charge in [-0.3, -0.25) is 0 Å². The van der Waals surface area contributed by atoms with Crippen molar-refractivity contribution in [2.24, 2.45) is 5.73 Å². The number of ether oxygens (including phenoxy) is 1. The van der Waals surface area contributed by atoms with Gasteiger partial charge in [-0.15, -0.1) is 0 Å². The minimum Gasteiger partial charge on any atom is -0.382 e. The number of hydrogen-bond acceptors (Lipinski definition) is 3. The molecular formula is C15H24N2O. The standard InChI is InChI=1S/C15H24N2O/c1-2-18-10-4-9-17-8-3-5-14-11-13(12-16)6-7-15(14)17/h6-7,11H,2-5,8-10,12,16H2,1H3. The average Bonchev–Trinajstić information content (AvgIpc) is 2.43. The lowest BCUT2D eigenvalue weighted by Crippen LogP contribution is -2.31. The van der Waals surface area contributed by atoms with E-state index in [4.69, 9.17) is 10.5 Å². The van der Waals surface area contributed by atoms with Crippen molar-refractivity contribution in [3.8, 4) is 0 Å². The number of nitrogens with zero attached hydrogens (tertiary/aromatic N) is 1. The molecule has 0 amide bonds. The Balaban J connectivity index is 1.99. The molecule has 1 heterocycles. The Hall–Kier alpha value is -1.06. The minimum atomic E-state index is 0.637. The van der Waals surface area contributed by atoms with Crippen LogP contribution in [-0.2, 0) is 17.7 Å². The number of nitrogens with two attached hydrogens (primary N) is 1. The molecule has 0 saturated carbocycles. The molecule has 1 aromatic rings. The van der Waals surface area contributed by atoms with Gasteiger partial charge in [-0.05, 0) is 43.4 Å². The number of fused-ring (bicyclic) bond motifs is 1. The molecule has 0 aromatic heterocycles. The second kappa shape index (κ2) is 6.76. The van der Waals surface area contributed by atoms with Crippen LogP contribution in [0.1, 0.15) is 30.9 Å². The van der Waals surface area contributed by atoms with Gasteiger partial charge in [-0.1, -0.05) is 12.1 Å². The van der Waals surface area contributed by atoms with Gasteiger partial charge in [0.15, 0.2) is 0 Å². The maximum Gasteiger partial charge on any atom is 0.0482 e. The van der Waals surface area contributed by atoms with Crippen molar-refractivity contribution in [1.82, 2.24) is 0 Å². The van der Waals surface area contributed by atoms with E-state index in [1.807, 2.05) is 6.92 Å². The van der Waals surface area contributed by atoms with Crippen LogP contribution in [0, 0.1) is 0 Å². The minimum absolute atomic E-state index is 0.637. The van der Waals surface area contributed by atoms with Gasteiger partial charge in [-0.2, -0.15) is 0 Å². The summed E-state index contributed by atoms with van der Waals surface area (Å²) in [7, 11) is 0. The Kier molecular flexibility index (Phi) is 5.02. The first-order valence-corrected chi connectivity index (χ1v) is 6.99. The Morgan fingerprint density at radius 3 is 3.06 bits per heavy atom. The van der Waals surface area contributed by atoms with E-state index in [-0.39, 0.29) is 0 Å². The lowest BCUT2D eigenvalue weighted by Gasteiger charge is -2.31. The molecule has 0 atom stereocenters. The molecule has 0 radical (unpaired) electrons. The molecule has 3 heteroatoms. The van der Waals surface area contributed by atoms with Crippen LogP contribution in [0.2, 0.25) is 0 Å². The normalized spacial score (nSPS) is 14.7. The summed E-state index contributed by atoms with van der Waals surface area (Å²) in [6.07, 6.45) is 3.53. The molecule has 1 aliphatic rings. The van der Waals surface area contributed by atoms with Gasteiger partial charge in [0, 0.05) is 38.5 Å². The van der Waals surface area contributed by atoms with Crippen LogP contribution in [0.5, 0.6) is 0 Å². The lowest BCUT2D eigenvalue weighted by molar-refractivity contribution is 0.146. The van der Waals surface area contributed by atoms with Crippen LogP contribution in [0.25, 0.3) is 0 Å². The molecular weight excluding hydrogens is 224 g/mol. The van der Waals surface area contributed by atoms with E-state index in [0.717, 1.165) is 26.2 Å². The highest BCUT2D eigenvalue weighted by Crippen LogP contribution is 2.28. The van der Waals surface area contributed by atoms with E-state index in [1.54, 1.807) is 0 Å². The van der Waals surface area contributed by atoms with Crippen LogP contribution in [0.3, 0.4) is 0 Å². The number of benzene rings is 1. The third-order valence-electron chi connectivity index (χ3n) is 3.52. The molecule has 0 bridgehead atoms. The molecule has 0 saturated heterocycles. The maximum absolute atomic E-state index is 5.70. The van der Waals surface area contributed by atoms with Gasteiger partial charge in [-0.25, -0.2) is 0 Å². The van der Waals surface area contributed by atoms with E-state index in [9.17, 15) is 0 Å². The SMILES string of the molecule is CCOCCCN1CCCc2cc(CN)ccc21. The summed E-state index contributed by atoms with van der Waals surface area (Å²) in [4.78, 5) is 2.48. The molecule has 0 fully saturated rings. The second-order valence-electron chi connectivity index (χ2n) is 4.81. The van der Waals surface area contributed by atoms with Crippen molar-refractivity contribution in [3.05, 3.63) is 29.3 Å². The predicted octanol–water partition coefficient (Wildman–Crippen LogP) is 2.32. The first-order chi connectivity index (χ1) is 8.85. The summed E-state index contributed by atoms with van der Waals surface area (Å²) in [6.45, 7) is 6.62. The van der Waals surface area contributed by atoms with Crippen molar-refractivity contribution in [2.75, 3.05) is 31.2 Å². The van der Waals surface area contributed by atoms with Crippen molar-refractivity contribution in [2.45, 2.75) is 32.7 Å². The molecule has 0 unspecified atom stereocenters. The van der Waals surface area contributed by atoms with Gasteiger partial charge in [0.1, 0.15) is 0 Å². The molecule has 2 N–H and O–H groups in total. The summed E-state index contributed by atoms with van der Waals surface area (Å²) < 4.78 is 5.41. The molecule has 0 spiro atoms. The number of anilines is 1. The summed E-state index contributed by atoms with van der Waals surface area (Å²) in [5.74, 6) is 0. The zero-order valence-electron chi connectivity index (χ0n) is 11.3. The third-order valence-corrected chi connectivity index (χ3v) is 3.52. The van der Waals surface area contributed by atoms with Gasteiger partial charge in [0.25, 0.3) is 0 Å². The molecule has 1 aliphatic heterocycles. The highest BCUT2D eigenvalue weighted by atomic mass is 16.5. The van der Waals surface area contributed by atoms with Gasteiger partial charge < -0.3 is 15.4 Å². The molecule has 1 aromatic carbocycles. The Morgan fingerprint density at radius 2 is 2.28 bits per heavy atom. The first-order valence-electron chi connectivity index (χ1n) is 6.99. The Labute approximate surface area is 110 Å². The summed E-state index contributed by atoms with van der Waals surface area (Å²) >= 11 is 0. The summed E-state index contributed by atoms with van der Waals surface area (Å²) in [5.41, 5.74) is 9.80. The van der Waals surface area contributed by atoms with Crippen molar-refractivity contribution in [3.63, 3.8) is 0 Å². The number of hydrogen-bond donors (Lipinski definition) is 1. The fourth-order valence-corrected chi connectivity index (χ4v) is 2.59. The number of rotatable bonds is 6. The van der Waals surface area contributed by atoms with Crippen LogP contribution in [0.15, 0.2) is 18.2 Å². The van der Waals surface area contributed by atoms with E-state index in [0.29, 0.717) is 6.54 Å². The highest BCUT2D eigenvalue weighted by Gasteiger charge is 2.16. The highest BCUT2D eigenvalue weighted by molar-refractivity contribution is 5.56. The van der Waals surface area contributed by atoms with E-state index in [1.165, 1.54) is 36.2 Å². The molecule has 100 valence electrons. The van der Waals surface area contributed by atoms with E-state index >= 15 is 0 Å². The van der Waals surface area contributed by atoms with Crippen LogP contribution in [0.4, 0.5) is 5.69 Å². The zero-order valence-corrected chi connectivity index (χ0v) is 11.3. The monoisotopic (exact) mass is 248 g/mol. The van der Waals surface area contributed by atoms with Crippen molar-refractivity contribution >= 4 is 5.69 Å². The quantitative estimate of drug-likeness (QED) is 0.785. The van der Waals surface area contributed by atoms with Crippen LogP contribution in [-0.4, -0.2) is 26.3 Å². The topological polar surface area (TPSA) is 38.5 Å². The van der Waals surface area contributed by atoms with Crippen LogP contribution >= 0.6 is 0 Å². The van der Waals surface area contributed by atoms with Gasteiger partial charge in [0.05, 0.1) is 0 Å². The predicted molar refractivity (Wildman–Crippen MR) is 76.0 cm³/mol. The second-order valence-corrected chi connectivity index (χ2v) is 4.81. The van der Waals surface area contributed by atoms with Crippen LogP contribution < -0.4 is 10.6 Å². The molecule has 0 aliphatic carbocycles. The molecule has 18 heavy (non-hydrogen) atoms. The molecule has 3 nitrogen and oxygen atoms in total. The number of aryl methyl sites for hydroxylation is 1. The summed E-state index contributed by atoms with van der Waals surface area (Å²) in [5, 5.41) is 0. The van der Waals surface area contributed by atoms with E-state index in [2.05, 4.69) is 23.1 Å². The maximum atomic E-state index is 5.70.